The fraction of sp³-hybridized carbons (Fsp3) is 0.348. The summed E-state index contributed by atoms with van der Waals surface area (Å²) in [6, 6.07) is 9.16. The highest BCUT2D eigenvalue weighted by Crippen LogP contribution is 2.38. The normalized spacial score (nSPS) is 15.4. The number of benzene rings is 1. The van der Waals surface area contributed by atoms with Gasteiger partial charge in [0.1, 0.15) is 24.9 Å². The van der Waals surface area contributed by atoms with Crippen LogP contribution in [0.5, 0.6) is 11.5 Å². The molecule has 1 saturated carbocycles. The van der Waals surface area contributed by atoms with Gasteiger partial charge in [-0.2, -0.15) is 5.26 Å². The zero-order valence-electron chi connectivity index (χ0n) is 16.9. The van der Waals surface area contributed by atoms with Gasteiger partial charge in [-0.3, -0.25) is 4.79 Å². The van der Waals surface area contributed by atoms with Crippen LogP contribution in [0.1, 0.15) is 46.2 Å². The number of nitriles is 1. The second kappa shape index (κ2) is 8.07. The Morgan fingerprint density at radius 3 is 2.63 bits per heavy atom. The maximum Gasteiger partial charge on any atom is 0.349 e. The molecule has 0 amide bonds. The Morgan fingerprint density at radius 1 is 1.20 bits per heavy atom. The molecular formula is C23H22N2O5. The van der Waals surface area contributed by atoms with Gasteiger partial charge < -0.3 is 18.8 Å². The fourth-order valence-electron chi connectivity index (χ4n) is 3.64. The van der Waals surface area contributed by atoms with Gasteiger partial charge in [-0.1, -0.05) is 0 Å². The van der Waals surface area contributed by atoms with Gasteiger partial charge in [-0.15, -0.1) is 0 Å². The molecule has 4 rings (SSSR count). The van der Waals surface area contributed by atoms with Crippen molar-refractivity contribution in [1.82, 2.24) is 4.57 Å². The average Bonchev–Trinajstić information content (AvgIpc) is 3.54. The summed E-state index contributed by atoms with van der Waals surface area (Å²) in [6.07, 6.45) is 3.82. The van der Waals surface area contributed by atoms with Crippen molar-refractivity contribution in [2.75, 3.05) is 19.8 Å². The zero-order chi connectivity index (χ0) is 21.3. The lowest BCUT2D eigenvalue weighted by molar-refractivity contribution is -0.137. The van der Waals surface area contributed by atoms with Crippen LogP contribution in [0.4, 0.5) is 0 Å². The van der Waals surface area contributed by atoms with Crippen LogP contribution in [0, 0.1) is 25.2 Å². The summed E-state index contributed by atoms with van der Waals surface area (Å²) in [5, 5.41) is 9.42. The van der Waals surface area contributed by atoms with E-state index in [1.807, 2.05) is 26.0 Å². The summed E-state index contributed by atoms with van der Waals surface area (Å²) in [6.45, 7) is 4.40. The first kappa shape index (κ1) is 19.8. The minimum absolute atomic E-state index is 0.138. The number of carbonyl (C=O) groups is 2. The molecule has 0 saturated heterocycles. The van der Waals surface area contributed by atoms with Crippen LogP contribution in [0.3, 0.4) is 0 Å². The summed E-state index contributed by atoms with van der Waals surface area (Å²) in [5.41, 5.74) is 3.14. The molecule has 1 aromatic heterocycles. The molecule has 0 radical (unpaired) electrons. The third-order valence-electron chi connectivity index (χ3n) is 5.27. The minimum atomic E-state index is -0.820. The molecule has 30 heavy (non-hydrogen) atoms. The number of hydrogen-bond acceptors (Lipinski definition) is 6. The van der Waals surface area contributed by atoms with Crippen molar-refractivity contribution in [2.24, 2.45) is 0 Å². The number of esters is 1. The van der Waals surface area contributed by atoms with Gasteiger partial charge in [0.2, 0.25) is 0 Å². The first-order valence-corrected chi connectivity index (χ1v) is 9.88. The van der Waals surface area contributed by atoms with Gasteiger partial charge in [0.05, 0.1) is 0 Å². The monoisotopic (exact) mass is 406 g/mol. The lowest BCUT2D eigenvalue weighted by Crippen LogP contribution is -2.17. The van der Waals surface area contributed by atoms with Crippen molar-refractivity contribution in [3.63, 3.8) is 0 Å². The van der Waals surface area contributed by atoms with Crippen LogP contribution in [0.15, 0.2) is 29.8 Å². The Bertz CT molecular complexity index is 1090. The number of rotatable bonds is 6. The van der Waals surface area contributed by atoms with E-state index in [9.17, 15) is 14.9 Å². The van der Waals surface area contributed by atoms with Gasteiger partial charge in [0.25, 0.3) is 0 Å². The molecule has 0 atom stereocenters. The van der Waals surface area contributed by atoms with E-state index in [0.29, 0.717) is 36.3 Å². The largest absolute Gasteiger partial charge is 0.486 e. The molecule has 154 valence electrons. The second-order valence-corrected chi connectivity index (χ2v) is 7.46. The molecule has 0 spiro atoms. The molecule has 7 heteroatoms. The van der Waals surface area contributed by atoms with Crippen LogP contribution in [0.2, 0.25) is 0 Å². The molecule has 1 aliphatic heterocycles. The summed E-state index contributed by atoms with van der Waals surface area (Å²) < 4.78 is 18.2. The van der Waals surface area contributed by atoms with Gasteiger partial charge in [-0.05, 0) is 62.6 Å². The average molecular weight is 406 g/mol. The van der Waals surface area contributed by atoms with Crippen molar-refractivity contribution in [1.29, 1.82) is 5.26 Å². The Labute approximate surface area is 174 Å². The molecule has 2 aliphatic rings. The zero-order valence-corrected chi connectivity index (χ0v) is 16.9. The Morgan fingerprint density at radius 2 is 1.93 bits per heavy atom. The predicted octanol–water partition coefficient (Wildman–Crippen LogP) is 3.54. The quantitative estimate of drug-likeness (QED) is 0.315. The summed E-state index contributed by atoms with van der Waals surface area (Å²) in [4.78, 5) is 24.8. The van der Waals surface area contributed by atoms with Gasteiger partial charge in [0, 0.05) is 23.0 Å². The topological polar surface area (TPSA) is 90.6 Å². The van der Waals surface area contributed by atoms with E-state index in [2.05, 4.69) is 4.57 Å². The molecule has 0 bridgehead atoms. The highest BCUT2D eigenvalue weighted by Gasteiger charge is 2.27. The van der Waals surface area contributed by atoms with Crippen LogP contribution >= 0.6 is 0 Å². The molecule has 2 heterocycles. The van der Waals surface area contributed by atoms with E-state index in [1.54, 1.807) is 18.2 Å². The highest BCUT2D eigenvalue weighted by molar-refractivity contribution is 6.02. The number of ether oxygens (including phenoxy) is 3. The van der Waals surface area contributed by atoms with Crippen molar-refractivity contribution >= 4 is 17.8 Å². The molecule has 0 N–H and O–H groups in total. The van der Waals surface area contributed by atoms with E-state index in [-0.39, 0.29) is 11.4 Å². The smallest absolute Gasteiger partial charge is 0.349 e. The van der Waals surface area contributed by atoms with Gasteiger partial charge in [-0.25, -0.2) is 4.79 Å². The van der Waals surface area contributed by atoms with E-state index in [1.165, 1.54) is 6.08 Å². The van der Waals surface area contributed by atoms with E-state index >= 15 is 0 Å². The summed E-state index contributed by atoms with van der Waals surface area (Å²) >= 11 is 0. The van der Waals surface area contributed by atoms with Crippen molar-refractivity contribution < 1.29 is 23.8 Å². The van der Waals surface area contributed by atoms with Gasteiger partial charge in [0.15, 0.2) is 23.9 Å². The summed E-state index contributed by atoms with van der Waals surface area (Å²) in [5.74, 6) is -0.139. The van der Waals surface area contributed by atoms with E-state index in [4.69, 9.17) is 14.2 Å². The number of nitrogens with zero attached hydrogens (tertiary/aromatic N) is 2. The maximum absolute atomic E-state index is 12.4. The van der Waals surface area contributed by atoms with Crippen molar-refractivity contribution in [3.8, 4) is 17.6 Å². The number of hydrogen-bond donors (Lipinski definition) is 0. The maximum atomic E-state index is 12.4. The summed E-state index contributed by atoms with van der Waals surface area (Å²) in [7, 11) is 0. The van der Waals surface area contributed by atoms with Gasteiger partial charge >= 0.3 is 5.97 Å². The molecule has 1 aliphatic carbocycles. The molecule has 1 aromatic carbocycles. The Balaban J connectivity index is 1.44. The number of ketones is 1. The van der Waals surface area contributed by atoms with Crippen LogP contribution in [0.25, 0.3) is 6.08 Å². The van der Waals surface area contributed by atoms with Crippen LogP contribution in [-0.2, 0) is 9.53 Å². The highest BCUT2D eigenvalue weighted by atomic mass is 16.6. The fourth-order valence-corrected chi connectivity index (χ4v) is 3.64. The van der Waals surface area contributed by atoms with Crippen LogP contribution < -0.4 is 9.47 Å². The number of carbonyl (C=O) groups excluding carboxylic acids is 2. The van der Waals surface area contributed by atoms with Crippen LogP contribution in [-0.4, -0.2) is 36.1 Å². The van der Waals surface area contributed by atoms with Crippen molar-refractivity contribution in [2.45, 2.75) is 32.7 Å². The third kappa shape index (κ3) is 3.94. The third-order valence-corrected chi connectivity index (χ3v) is 5.27. The number of fused-ring (bicyclic) bond motifs is 1. The standard InChI is InChI=1S/C23H22N2O5/c1-14-9-17(15(2)25(14)19-4-5-19)10-18(12-24)23(27)30-13-20(26)16-3-6-21-22(11-16)29-8-7-28-21/h3,6,9-11,19H,4-5,7-8,13H2,1-2H3/b18-10+. The predicted molar refractivity (Wildman–Crippen MR) is 108 cm³/mol. The molecule has 1 fully saturated rings. The number of aryl methyl sites for hydroxylation is 1. The second-order valence-electron chi connectivity index (χ2n) is 7.46. The molecule has 2 aromatic rings. The van der Waals surface area contributed by atoms with Crippen molar-refractivity contribution in [3.05, 3.63) is 52.4 Å². The SMILES string of the molecule is Cc1cc(/C=C(\C#N)C(=O)OCC(=O)c2ccc3c(c2)OCCO3)c(C)n1C1CC1. The minimum Gasteiger partial charge on any atom is -0.486 e. The first-order chi connectivity index (χ1) is 14.5. The Hall–Kier alpha value is -3.53. The number of Topliss-reactive ketones (excluding diaryl/α,β-unsaturated/α-hetero) is 1. The van der Waals surface area contributed by atoms with E-state index in [0.717, 1.165) is 29.8 Å². The van der Waals surface area contributed by atoms with E-state index < -0.39 is 12.6 Å². The molecule has 7 nitrogen and oxygen atoms in total. The lowest BCUT2D eigenvalue weighted by Gasteiger charge is -2.18. The molecule has 0 unspecified atom stereocenters. The first-order valence-electron chi connectivity index (χ1n) is 9.88. The lowest BCUT2D eigenvalue weighted by atomic mass is 10.1. The Kier molecular flexibility index (Phi) is 5.32. The number of aromatic nitrogens is 1. The molecular weight excluding hydrogens is 384 g/mol.